The number of rotatable bonds is 9. The number of carbonyl (C=O) groups is 2. The number of nitrogens with one attached hydrogen (secondary N) is 3. The van der Waals surface area contributed by atoms with Crippen LogP contribution in [0.1, 0.15) is 79.0 Å². The second kappa shape index (κ2) is 12.7. The molecule has 1 saturated carbocycles. The van der Waals surface area contributed by atoms with E-state index in [9.17, 15) is 9.59 Å². The van der Waals surface area contributed by atoms with Gasteiger partial charge in [-0.2, -0.15) is 0 Å². The maximum Gasteiger partial charge on any atom is 0.319 e. The quantitative estimate of drug-likeness (QED) is 0.310. The minimum atomic E-state index is -0.249. The molecule has 3 aromatic rings. The monoisotopic (exact) mass is 520 g/mol. The Balaban J connectivity index is 1.30. The Hall–Kier alpha value is -3.39. The Morgan fingerprint density at radius 2 is 1.73 bits per heavy atom. The number of hydrogen-bond acceptors (Lipinski definition) is 5. The summed E-state index contributed by atoms with van der Waals surface area (Å²) in [6, 6.07) is 15.3. The maximum absolute atomic E-state index is 13.0. The third-order valence-electron chi connectivity index (χ3n) is 6.74. The number of carbonyl (C=O) groups excluding carboxylic acids is 2. The Kier molecular flexibility index (Phi) is 9.17. The SMILES string of the molecule is CCc1ccccc1NC(=O)N[C@H]1CCCC[C@@H]1NC(=O)c1csc(COc2ccc(C(C)C)cc2)n1. The third kappa shape index (κ3) is 7.32. The van der Waals surface area contributed by atoms with E-state index in [2.05, 4.69) is 53.8 Å². The van der Waals surface area contributed by atoms with E-state index >= 15 is 0 Å². The molecule has 0 saturated heterocycles. The molecular weight excluding hydrogens is 484 g/mol. The van der Waals surface area contributed by atoms with Crippen molar-refractivity contribution >= 4 is 29.0 Å². The van der Waals surface area contributed by atoms with Crippen LogP contribution in [0.3, 0.4) is 0 Å². The van der Waals surface area contributed by atoms with Crippen molar-refractivity contribution in [2.24, 2.45) is 0 Å². The second-order valence-corrected chi connectivity index (χ2v) is 10.7. The number of ether oxygens (including phenoxy) is 1. The number of nitrogens with zero attached hydrogens (tertiary/aromatic N) is 1. The van der Waals surface area contributed by atoms with Crippen molar-refractivity contribution in [2.45, 2.75) is 77.5 Å². The molecule has 0 aliphatic heterocycles. The highest BCUT2D eigenvalue weighted by molar-refractivity contribution is 7.09. The van der Waals surface area contributed by atoms with E-state index in [1.807, 2.05) is 36.4 Å². The van der Waals surface area contributed by atoms with Crippen LogP contribution in [0.4, 0.5) is 10.5 Å². The van der Waals surface area contributed by atoms with E-state index in [0.29, 0.717) is 18.2 Å². The lowest BCUT2D eigenvalue weighted by molar-refractivity contribution is 0.0911. The number of aryl methyl sites for hydroxylation is 1. The molecule has 0 bridgehead atoms. The minimum Gasteiger partial charge on any atom is -0.486 e. The van der Waals surface area contributed by atoms with Gasteiger partial charge in [0.1, 0.15) is 23.1 Å². The molecule has 1 aliphatic carbocycles. The number of anilines is 1. The number of thiazole rings is 1. The lowest BCUT2D eigenvalue weighted by atomic mass is 9.90. The van der Waals surface area contributed by atoms with Gasteiger partial charge in [-0.3, -0.25) is 4.79 Å². The lowest BCUT2D eigenvalue weighted by Gasteiger charge is -2.32. The van der Waals surface area contributed by atoms with E-state index < -0.39 is 0 Å². The summed E-state index contributed by atoms with van der Waals surface area (Å²) in [5, 5.41) is 11.6. The summed E-state index contributed by atoms with van der Waals surface area (Å²) in [6.45, 7) is 6.69. The number of benzene rings is 2. The van der Waals surface area contributed by atoms with Crippen LogP contribution in [0.2, 0.25) is 0 Å². The van der Waals surface area contributed by atoms with Crippen molar-refractivity contribution in [2.75, 3.05) is 5.32 Å². The van der Waals surface area contributed by atoms with Gasteiger partial charge in [-0.05, 0) is 54.5 Å². The highest BCUT2D eigenvalue weighted by Gasteiger charge is 2.29. The summed E-state index contributed by atoms with van der Waals surface area (Å²) in [6.07, 6.45) is 4.49. The molecule has 3 N–H and O–H groups in total. The number of hydrogen-bond donors (Lipinski definition) is 3. The van der Waals surface area contributed by atoms with E-state index in [4.69, 9.17) is 4.74 Å². The zero-order chi connectivity index (χ0) is 26.2. The van der Waals surface area contributed by atoms with Gasteiger partial charge in [-0.15, -0.1) is 11.3 Å². The van der Waals surface area contributed by atoms with Gasteiger partial charge in [0.15, 0.2) is 0 Å². The van der Waals surface area contributed by atoms with Crippen molar-refractivity contribution < 1.29 is 14.3 Å². The molecule has 2 atom stereocenters. The summed E-state index contributed by atoms with van der Waals surface area (Å²) >= 11 is 1.41. The smallest absolute Gasteiger partial charge is 0.319 e. The first kappa shape index (κ1) is 26.7. The zero-order valence-electron chi connectivity index (χ0n) is 21.8. The van der Waals surface area contributed by atoms with Crippen molar-refractivity contribution in [1.29, 1.82) is 0 Å². The molecule has 8 heteroatoms. The van der Waals surface area contributed by atoms with Gasteiger partial charge in [0.05, 0.1) is 6.04 Å². The first-order valence-corrected chi connectivity index (χ1v) is 13.9. The minimum absolute atomic E-state index is 0.137. The van der Waals surface area contributed by atoms with Gasteiger partial charge in [0.25, 0.3) is 5.91 Å². The molecule has 1 aliphatic rings. The molecule has 0 unspecified atom stereocenters. The van der Waals surface area contributed by atoms with Gasteiger partial charge in [-0.1, -0.05) is 63.9 Å². The average Bonchev–Trinajstić information content (AvgIpc) is 3.38. The Morgan fingerprint density at radius 3 is 2.43 bits per heavy atom. The van der Waals surface area contributed by atoms with Gasteiger partial charge in [0, 0.05) is 17.1 Å². The molecule has 7 nitrogen and oxygen atoms in total. The van der Waals surface area contributed by atoms with E-state index in [-0.39, 0.29) is 24.0 Å². The highest BCUT2D eigenvalue weighted by Crippen LogP contribution is 2.22. The predicted molar refractivity (Wildman–Crippen MR) is 148 cm³/mol. The number of aromatic nitrogens is 1. The van der Waals surface area contributed by atoms with Crippen LogP contribution in [0.25, 0.3) is 0 Å². The van der Waals surface area contributed by atoms with Crippen LogP contribution >= 0.6 is 11.3 Å². The normalized spacial score (nSPS) is 17.3. The highest BCUT2D eigenvalue weighted by atomic mass is 32.1. The maximum atomic E-state index is 13.0. The molecule has 1 aromatic heterocycles. The van der Waals surface area contributed by atoms with Crippen LogP contribution in [-0.4, -0.2) is 29.0 Å². The fourth-order valence-electron chi connectivity index (χ4n) is 4.57. The topological polar surface area (TPSA) is 92.4 Å². The standard InChI is InChI=1S/C29H36N4O3S/c1-4-20-9-5-6-10-23(20)32-29(35)33-25-12-8-7-11-24(25)31-28(34)26-18-37-27(30-26)17-36-22-15-13-21(14-16-22)19(2)3/h5-6,9-10,13-16,18-19,24-25H,4,7-8,11-12,17H2,1-3H3,(H,31,34)(H2,32,33,35)/t24-,25-/m0/s1. The first-order chi connectivity index (χ1) is 17.9. The molecule has 4 rings (SSSR count). The summed E-state index contributed by atoms with van der Waals surface area (Å²) in [5.41, 5.74) is 3.54. The Labute approximate surface area is 223 Å². The van der Waals surface area contributed by atoms with Gasteiger partial charge in [-0.25, -0.2) is 9.78 Å². The van der Waals surface area contributed by atoms with E-state index in [1.54, 1.807) is 5.38 Å². The molecule has 196 valence electrons. The van der Waals surface area contributed by atoms with Crippen LogP contribution in [0.5, 0.6) is 5.75 Å². The van der Waals surface area contributed by atoms with Crippen LogP contribution in [-0.2, 0) is 13.0 Å². The Bertz CT molecular complexity index is 1190. The van der Waals surface area contributed by atoms with Crippen molar-refractivity contribution in [3.63, 3.8) is 0 Å². The number of amides is 3. The zero-order valence-corrected chi connectivity index (χ0v) is 22.6. The number of para-hydroxylation sites is 1. The molecular formula is C29H36N4O3S. The van der Waals surface area contributed by atoms with Crippen LogP contribution < -0.4 is 20.7 Å². The fourth-order valence-corrected chi connectivity index (χ4v) is 5.26. The van der Waals surface area contributed by atoms with Gasteiger partial charge >= 0.3 is 6.03 Å². The summed E-state index contributed by atoms with van der Waals surface area (Å²) in [4.78, 5) is 30.2. The van der Waals surface area contributed by atoms with Crippen molar-refractivity contribution in [3.05, 3.63) is 75.7 Å². The van der Waals surface area contributed by atoms with Crippen LogP contribution in [0.15, 0.2) is 53.9 Å². The predicted octanol–water partition coefficient (Wildman–Crippen LogP) is 6.27. The summed E-state index contributed by atoms with van der Waals surface area (Å²) < 4.78 is 5.86. The molecule has 0 spiro atoms. The van der Waals surface area contributed by atoms with E-state index in [0.717, 1.165) is 54.1 Å². The molecule has 1 heterocycles. The Morgan fingerprint density at radius 1 is 1.03 bits per heavy atom. The third-order valence-corrected chi connectivity index (χ3v) is 7.56. The van der Waals surface area contributed by atoms with Gasteiger partial charge in [0.2, 0.25) is 0 Å². The molecule has 37 heavy (non-hydrogen) atoms. The summed E-state index contributed by atoms with van der Waals surface area (Å²) in [5.74, 6) is 1.03. The van der Waals surface area contributed by atoms with Gasteiger partial charge < -0.3 is 20.7 Å². The largest absolute Gasteiger partial charge is 0.486 e. The summed E-state index contributed by atoms with van der Waals surface area (Å²) in [7, 11) is 0. The molecule has 0 radical (unpaired) electrons. The van der Waals surface area contributed by atoms with Crippen molar-refractivity contribution in [3.8, 4) is 5.75 Å². The molecule has 2 aromatic carbocycles. The first-order valence-electron chi connectivity index (χ1n) is 13.1. The molecule has 3 amide bonds. The van der Waals surface area contributed by atoms with Crippen molar-refractivity contribution in [1.82, 2.24) is 15.6 Å². The second-order valence-electron chi connectivity index (χ2n) is 9.72. The lowest BCUT2D eigenvalue weighted by Crippen LogP contribution is -2.54. The van der Waals surface area contributed by atoms with E-state index in [1.165, 1.54) is 16.9 Å². The average molecular weight is 521 g/mol. The fraction of sp³-hybridized carbons (Fsp3) is 0.414. The van der Waals surface area contributed by atoms with Crippen LogP contribution in [0, 0.1) is 0 Å². The molecule has 1 fully saturated rings. The number of urea groups is 1.